The summed E-state index contributed by atoms with van der Waals surface area (Å²) in [5.74, 6) is 0.546. The fraction of sp³-hybridized carbons (Fsp3) is 0.769. The number of carbonyl (C=O) groups is 1. The Labute approximate surface area is 92.4 Å². The van der Waals surface area contributed by atoms with Crippen LogP contribution in [0.2, 0.25) is 0 Å². The third-order valence-corrected chi connectivity index (χ3v) is 3.29. The van der Waals surface area contributed by atoms with E-state index in [1.165, 1.54) is 12.8 Å². The highest BCUT2D eigenvalue weighted by atomic mass is 16.4. The molecule has 86 valence electrons. The van der Waals surface area contributed by atoms with Gasteiger partial charge in [0.2, 0.25) is 0 Å². The first kappa shape index (κ1) is 12.3. The summed E-state index contributed by atoms with van der Waals surface area (Å²) in [7, 11) is 0. The predicted octanol–water partition coefficient (Wildman–Crippen LogP) is 3.48. The normalized spacial score (nSPS) is 23.7. The van der Waals surface area contributed by atoms with Crippen LogP contribution in [0.3, 0.4) is 0 Å². The minimum absolute atomic E-state index is 0.287. The van der Waals surface area contributed by atoms with Crippen molar-refractivity contribution in [2.75, 3.05) is 0 Å². The average Bonchev–Trinajstić information content (AvgIpc) is 2.17. The van der Waals surface area contributed by atoms with E-state index in [1.54, 1.807) is 6.92 Å². The molecule has 1 rings (SSSR count). The highest BCUT2D eigenvalue weighted by Gasteiger charge is 2.22. The first-order valence-electron chi connectivity index (χ1n) is 5.92. The zero-order valence-corrected chi connectivity index (χ0v) is 9.99. The van der Waals surface area contributed by atoms with Gasteiger partial charge in [0.1, 0.15) is 0 Å². The van der Waals surface area contributed by atoms with Crippen LogP contribution >= 0.6 is 0 Å². The lowest BCUT2D eigenvalue weighted by Gasteiger charge is -2.24. The van der Waals surface area contributed by atoms with Gasteiger partial charge in [0.25, 0.3) is 0 Å². The van der Waals surface area contributed by atoms with Crippen LogP contribution in [0, 0.1) is 17.8 Å². The molecule has 0 unspecified atom stereocenters. The number of allylic oxidation sites excluding steroid dienone is 1. The van der Waals surface area contributed by atoms with Crippen LogP contribution in [0.25, 0.3) is 0 Å². The summed E-state index contributed by atoms with van der Waals surface area (Å²) in [5.41, 5.74) is 1.13. The van der Waals surface area contributed by atoms with Gasteiger partial charge in [0.15, 0.2) is 0 Å². The van der Waals surface area contributed by atoms with Gasteiger partial charge >= 0.3 is 5.97 Å². The van der Waals surface area contributed by atoms with E-state index in [2.05, 4.69) is 19.9 Å². The summed E-state index contributed by atoms with van der Waals surface area (Å²) in [6, 6.07) is 0. The second-order valence-corrected chi connectivity index (χ2v) is 5.11. The fourth-order valence-electron chi connectivity index (χ4n) is 2.34. The molecule has 0 radical (unpaired) electrons. The molecule has 0 fully saturated rings. The second kappa shape index (κ2) is 5.34. The monoisotopic (exact) mass is 210 g/mol. The van der Waals surface area contributed by atoms with Crippen LogP contribution in [-0.2, 0) is 4.79 Å². The van der Waals surface area contributed by atoms with Crippen LogP contribution in [0.1, 0.15) is 46.5 Å². The Kier molecular flexibility index (Phi) is 4.37. The number of carboxylic acid groups (broad SMARTS) is 1. The average molecular weight is 210 g/mol. The van der Waals surface area contributed by atoms with Crippen molar-refractivity contribution in [2.24, 2.45) is 17.8 Å². The minimum atomic E-state index is -0.691. The van der Waals surface area contributed by atoms with E-state index < -0.39 is 5.97 Å². The molecule has 2 nitrogen and oxygen atoms in total. The summed E-state index contributed by atoms with van der Waals surface area (Å²) in [4.78, 5) is 10.8. The molecular weight excluding hydrogens is 188 g/mol. The van der Waals surface area contributed by atoms with Crippen molar-refractivity contribution in [1.82, 2.24) is 0 Å². The maximum atomic E-state index is 10.8. The lowest BCUT2D eigenvalue weighted by atomic mass is 9.81. The van der Waals surface area contributed by atoms with Gasteiger partial charge in [-0.2, -0.15) is 0 Å². The third kappa shape index (κ3) is 3.69. The summed E-state index contributed by atoms with van der Waals surface area (Å²) < 4.78 is 0. The third-order valence-electron chi connectivity index (χ3n) is 3.29. The Balaban J connectivity index is 2.48. The number of aliphatic carboxylic acids is 1. The largest absolute Gasteiger partial charge is 0.481 e. The summed E-state index contributed by atoms with van der Waals surface area (Å²) in [5, 5.41) is 8.90. The zero-order chi connectivity index (χ0) is 11.4. The molecule has 15 heavy (non-hydrogen) atoms. The van der Waals surface area contributed by atoms with Gasteiger partial charge in [0.05, 0.1) is 5.92 Å². The van der Waals surface area contributed by atoms with E-state index in [1.807, 2.05) is 0 Å². The van der Waals surface area contributed by atoms with Crippen molar-refractivity contribution >= 4 is 5.97 Å². The van der Waals surface area contributed by atoms with Crippen molar-refractivity contribution in [3.63, 3.8) is 0 Å². The van der Waals surface area contributed by atoms with Crippen molar-refractivity contribution in [3.05, 3.63) is 11.6 Å². The van der Waals surface area contributed by atoms with Crippen molar-refractivity contribution in [2.45, 2.75) is 46.5 Å². The number of rotatable bonds is 4. The zero-order valence-electron chi connectivity index (χ0n) is 9.99. The quantitative estimate of drug-likeness (QED) is 0.721. The van der Waals surface area contributed by atoms with Crippen molar-refractivity contribution in [3.8, 4) is 0 Å². The van der Waals surface area contributed by atoms with Gasteiger partial charge in [0, 0.05) is 0 Å². The fourth-order valence-corrected chi connectivity index (χ4v) is 2.34. The molecule has 0 aromatic carbocycles. The molecule has 0 aromatic rings. The minimum Gasteiger partial charge on any atom is -0.481 e. The molecule has 0 aromatic heterocycles. The molecule has 1 N–H and O–H groups in total. The summed E-state index contributed by atoms with van der Waals surface area (Å²) >= 11 is 0. The van der Waals surface area contributed by atoms with Gasteiger partial charge in [-0.25, -0.2) is 0 Å². The first-order chi connectivity index (χ1) is 7.00. The molecule has 0 spiro atoms. The summed E-state index contributed by atoms with van der Waals surface area (Å²) in [6.07, 6.45) is 6.65. The Morgan fingerprint density at radius 3 is 2.60 bits per heavy atom. The van der Waals surface area contributed by atoms with Crippen LogP contribution in [-0.4, -0.2) is 11.1 Å². The van der Waals surface area contributed by atoms with Crippen LogP contribution in [0.15, 0.2) is 11.6 Å². The van der Waals surface area contributed by atoms with Gasteiger partial charge in [-0.3, -0.25) is 4.79 Å². The van der Waals surface area contributed by atoms with E-state index in [0.717, 1.165) is 30.3 Å². The lowest BCUT2D eigenvalue weighted by molar-refractivity contribution is -0.139. The van der Waals surface area contributed by atoms with Gasteiger partial charge in [-0.1, -0.05) is 25.5 Å². The van der Waals surface area contributed by atoms with Crippen molar-refractivity contribution in [1.29, 1.82) is 0 Å². The number of hydrogen-bond donors (Lipinski definition) is 1. The van der Waals surface area contributed by atoms with Crippen LogP contribution in [0.4, 0.5) is 0 Å². The first-order valence-corrected chi connectivity index (χ1v) is 5.92. The van der Waals surface area contributed by atoms with Crippen LogP contribution in [0.5, 0.6) is 0 Å². The molecule has 0 heterocycles. The molecule has 0 saturated carbocycles. The Morgan fingerprint density at radius 1 is 1.53 bits per heavy atom. The van der Waals surface area contributed by atoms with E-state index in [9.17, 15) is 4.79 Å². The van der Waals surface area contributed by atoms with Crippen LogP contribution < -0.4 is 0 Å². The molecule has 0 amide bonds. The Hall–Kier alpha value is -0.790. The van der Waals surface area contributed by atoms with Gasteiger partial charge < -0.3 is 5.11 Å². The topological polar surface area (TPSA) is 37.3 Å². The maximum absolute atomic E-state index is 10.8. The van der Waals surface area contributed by atoms with Gasteiger partial charge in [-0.05, 0) is 44.4 Å². The van der Waals surface area contributed by atoms with E-state index in [-0.39, 0.29) is 5.92 Å². The standard InChI is InChI=1S/C13H22O2/c1-9(2)8-11-4-6-12(7-5-11)10(3)13(14)15/h6,9-11H,4-5,7-8H2,1-3H3,(H,14,15)/t10-,11-/m1/s1. The Morgan fingerprint density at radius 2 is 2.20 bits per heavy atom. The SMILES string of the molecule is CC(C)C[C@@H]1CC=C([C@@H](C)C(=O)O)CC1. The predicted molar refractivity (Wildman–Crippen MR) is 61.7 cm³/mol. The highest BCUT2D eigenvalue weighted by molar-refractivity contribution is 5.73. The van der Waals surface area contributed by atoms with Gasteiger partial charge in [-0.15, -0.1) is 0 Å². The molecule has 2 heteroatoms. The lowest BCUT2D eigenvalue weighted by Crippen LogP contribution is -2.17. The molecule has 2 atom stereocenters. The molecular formula is C13H22O2. The number of carboxylic acids is 1. The maximum Gasteiger partial charge on any atom is 0.310 e. The Bertz CT molecular complexity index is 253. The molecule has 0 saturated heterocycles. The van der Waals surface area contributed by atoms with Crippen molar-refractivity contribution < 1.29 is 9.90 Å². The number of hydrogen-bond acceptors (Lipinski definition) is 1. The smallest absolute Gasteiger partial charge is 0.310 e. The van der Waals surface area contributed by atoms with E-state index in [4.69, 9.17) is 5.11 Å². The highest BCUT2D eigenvalue weighted by Crippen LogP contribution is 2.31. The molecule has 0 aliphatic heterocycles. The van der Waals surface area contributed by atoms with E-state index in [0.29, 0.717) is 0 Å². The molecule has 1 aliphatic rings. The summed E-state index contributed by atoms with van der Waals surface area (Å²) in [6.45, 7) is 6.29. The molecule has 0 bridgehead atoms. The van der Waals surface area contributed by atoms with E-state index >= 15 is 0 Å². The molecule has 1 aliphatic carbocycles. The second-order valence-electron chi connectivity index (χ2n) is 5.11.